The van der Waals surface area contributed by atoms with E-state index in [0.29, 0.717) is 18.0 Å². The molecule has 2 atom stereocenters. The molecule has 128 valence electrons. The Morgan fingerprint density at radius 1 is 1.38 bits per heavy atom. The van der Waals surface area contributed by atoms with Crippen LogP contribution in [0.5, 0.6) is 11.5 Å². The summed E-state index contributed by atoms with van der Waals surface area (Å²) in [7, 11) is 1.58. The summed E-state index contributed by atoms with van der Waals surface area (Å²) in [6.07, 6.45) is 2.93. The molecule has 1 N–H and O–H groups in total. The van der Waals surface area contributed by atoms with Crippen molar-refractivity contribution < 1.29 is 24.2 Å². The molecule has 2 aliphatic heterocycles. The van der Waals surface area contributed by atoms with Gasteiger partial charge in [0.05, 0.1) is 7.11 Å². The number of aliphatic carboxylic acids is 1. The number of fused-ring (bicyclic) bond motifs is 3. The Labute approximate surface area is 140 Å². The molecular weight excluding hydrogens is 310 g/mol. The van der Waals surface area contributed by atoms with E-state index in [-0.39, 0.29) is 30.9 Å². The van der Waals surface area contributed by atoms with Crippen LogP contribution in [0.1, 0.15) is 30.7 Å². The van der Waals surface area contributed by atoms with Gasteiger partial charge in [0, 0.05) is 36.6 Å². The van der Waals surface area contributed by atoms with Crippen molar-refractivity contribution in [1.29, 1.82) is 0 Å². The highest BCUT2D eigenvalue weighted by Crippen LogP contribution is 2.51. The van der Waals surface area contributed by atoms with Gasteiger partial charge in [0.25, 0.3) is 0 Å². The summed E-state index contributed by atoms with van der Waals surface area (Å²) in [5.41, 5.74) is -0.200. The van der Waals surface area contributed by atoms with Crippen molar-refractivity contribution in [3.8, 4) is 11.5 Å². The third kappa shape index (κ3) is 2.08. The maximum Gasteiger partial charge on any atom is 0.315 e. The fourth-order valence-electron chi connectivity index (χ4n) is 4.07. The number of amides is 1. The molecule has 1 saturated carbocycles. The van der Waals surface area contributed by atoms with Crippen molar-refractivity contribution >= 4 is 11.9 Å². The molecule has 1 aromatic carbocycles. The molecule has 6 heteroatoms. The van der Waals surface area contributed by atoms with Gasteiger partial charge in [-0.15, -0.1) is 0 Å². The Kier molecular flexibility index (Phi) is 3.44. The monoisotopic (exact) mass is 331 g/mol. The Balaban J connectivity index is 1.69. The van der Waals surface area contributed by atoms with E-state index in [9.17, 15) is 14.7 Å². The third-order valence-corrected chi connectivity index (χ3v) is 5.82. The largest absolute Gasteiger partial charge is 0.497 e. The Hall–Kier alpha value is -2.24. The molecule has 6 nitrogen and oxygen atoms in total. The van der Waals surface area contributed by atoms with Crippen LogP contribution in [-0.2, 0) is 9.59 Å². The van der Waals surface area contributed by atoms with E-state index < -0.39 is 11.4 Å². The highest BCUT2D eigenvalue weighted by molar-refractivity contribution is 5.84. The number of ether oxygens (including phenoxy) is 2. The standard InChI is InChI=1S/C18H21NO5/c1-23-12-5-6-13-14-8-19(16(20)11-3-2-4-11)9-18(14,17(21)22)10-24-15(13)7-12/h5-7,11,14H,2-4,8-10H2,1H3,(H,21,22)/t14?,18-/m1/s1. The van der Waals surface area contributed by atoms with E-state index in [2.05, 4.69) is 0 Å². The average Bonchev–Trinajstić information content (AvgIpc) is 2.94. The van der Waals surface area contributed by atoms with Crippen LogP contribution in [0, 0.1) is 11.3 Å². The number of benzene rings is 1. The van der Waals surface area contributed by atoms with Crippen molar-refractivity contribution in [1.82, 2.24) is 4.90 Å². The highest BCUT2D eigenvalue weighted by Gasteiger charge is 2.58. The second-order valence-electron chi connectivity index (χ2n) is 7.05. The topological polar surface area (TPSA) is 76.1 Å². The van der Waals surface area contributed by atoms with E-state index in [1.807, 2.05) is 12.1 Å². The fraction of sp³-hybridized carbons (Fsp3) is 0.556. The van der Waals surface area contributed by atoms with Crippen molar-refractivity contribution in [2.45, 2.75) is 25.2 Å². The number of hydrogen-bond donors (Lipinski definition) is 1. The maximum absolute atomic E-state index is 12.6. The number of nitrogens with zero attached hydrogens (tertiary/aromatic N) is 1. The van der Waals surface area contributed by atoms with Gasteiger partial charge in [-0.1, -0.05) is 12.5 Å². The summed E-state index contributed by atoms with van der Waals surface area (Å²) < 4.78 is 11.0. The normalized spacial score (nSPS) is 28.4. The lowest BCUT2D eigenvalue weighted by atomic mass is 9.73. The molecule has 24 heavy (non-hydrogen) atoms. The van der Waals surface area contributed by atoms with Crippen LogP contribution in [0.25, 0.3) is 0 Å². The highest BCUT2D eigenvalue weighted by atomic mass is 16.5. The number of likely N-dealkylation sites (tertiary alicyclic amines) is 1. The lowest BCUT2D eigenvalue weighted by Crippen LogP contribution is -2.46. The second kappa shape index (κ2) is 5.40. The van der Waals surface area contributed by atoms with Gasteiger partial charge < -0.3 is 19.5 Å². The minimum Gasteiger partial charge on any atom is -0.497 e. The first-order valence-electron chi connectivity index (χ1n) is 8.38. The molecule has 1 unspecified atom stereocenters. The van der Waals surface area contributed by atoms with Gasteiger partial charge >= 0.3 is 5.97 Å². The Morgan fingerprint density at radius 2 is 2.17 bits per heavy atom. The Bertz CT molecular complexity index is 699. The molecule has 0 aromatic heterocycles. The third-order valence-electron chi connectivity index (χ3n) is 5.82. The maximum atomic E-state index is 12.6. The minimum absolute atomic E-state index is 0.0762. The van der Waals surface area contributed by atoms with Crippen LogP contribution in [0.2, 0.25) is 0 Å². The van der Waals surface area contributed by atoms with Crippen LogP contribution < -0.4 is 9.47 Å². The first-order chi connectivity index (χ1) is 11.5. The zero-order valence-corrected chi connectivity index (χ0v) is 13.7. The molecule has 0 radical (unpaired) electrons. The number of carbonyl (C=O) groups excluding carboxylic acids is 1. The van der Waals surface area contributed by atoms with Gasteiger partial charge in [-0.05, 0) is 18.9 Å². The molecule has 0 spiro atoms. The SMILES string of the molecule is COc1ccc2c(c1)OC[C@]1(C(=O)O)CN(C(=O)C3CCC3)CC21. The van der Waals surface area contributed by atoms with Crippen LogP contribution in [-0.4, -0.2) is 48.7 Å². The van der Waals surface area contributed by atoms with Crippen LogP contribution in [0.15, 0.2) is 18.2 Å². The van der Waals surface area contributed by atoms with E-state index in [1.165, 1.54) is 0 Å². The zero-order chi connectivity index (χ0) is 16.9. The summed E-state index contributed by atoms with van der Waals surface area (Å²) in [6, 6.07) is 5.47. The van der Waals surface area contributed by atoms with E-state index in [1.54, 1.807) is 18.1 Å². The molecule has 1 aromatic rings. The van der Waals surface area contributed by atoms with E-state index in [0.717, 1.165) is 24.8 Å². The predicted octanol–water partition coefficient (Wildman–Crippen LogP) is 1.88. The van der Waals surface area contributed by atoms with Crippen LogP contribution in [0.3, 0.4) is 0 Å². The zero-order valence-electron chi connectivity index (χ0n) is 13.7. The van der Waals surface area contributed by atoms with Crippen molar-refractivity contribution in [3.63, 3.8) is 0 Å². The molecule has 1 aliphatic carbocycles. The minimum atomic E-state index is -1.05. The number of rotatable bonds is 3. The second-order valence-corrected chi connectivity index (χ2v) is 7.05. The van der Waals surface area contributed by atoms with Crippen LogP contribution >= 0.6 is 0 Å². The van der Waals surface area contributed by atoms with Gasteiger partial charge in [0.1, 0.15) is 23.5 Å². The lowest BCUT2D eigenvalue weighted by molar-refractivity contribution is -0.152. The summed E-state index contributed by atoms with van der Waals surface area (Å²) in [6.45, 7) is 0.764. The van der Waals surface area contributed by atoms with Gasteiger partial charge in [0.2, 0.25) is 5.91 Å². The molecule has 1 saturated heterocycles. The quantitative estimate of drug-likeness (QED) is 0.915. The lowest BCUT2D eigenvalue weighted by Gasteiger charge is -2.35. The Morgan fingerprint density at radius 3 is 2.79 bits per heavy atom. The van der Waals surface area contributed by atoms with Crippen LogP contribution in [0.4, 0.5) is 0 Å². The van der Waals surface area contributed by atoms with Gasteiger partial charge in [-0.3, -0.25) is 9.59 Å². The van der Waals surface area contributed by atoms with Gasteiger partial charge in [0.15, 0.2) is 0 Å². The first kappa shape index (κ1) is 15.3. The van der Waals surface area contributed by atoms with E-state index in [4.69, 9.17) is 9.47 Å². The molecule has 0 bridgehead atoms. The number of hydrogen-bond acceptors (Lipinski definition) is 4. The fourth-order valence-corrected chi connectivity index (χ4v) is 4.07. The summed E-state index contributed by atoms with van der Waals surface area (Å²) in [5, 5.41) is 9.89. The number of carbonyl (C=O) groups is 2. The van der Waals surface area contributed by atoms with E-state index >= 15 is 0 Å². The average molecular weight is 331 g/mol. The molecule has 2 heterocycles. The molecule has 1 amide bonds. The predicted molar refractivity (Wildman–Crippen MR) is 85.2 cm³/mol. The summed E-state index contributed by atoms with van der Waals surface area (Å²) >= 11 is 0. The number of methoxy groups -OCH3 is 1. The first-order valence-corrected chi connectivity index (χ1v) is 8.38. The van der Waals surface area contributed by atoms with Crippen molar-refractivity contribution in [3.05, 3.63) is 23.8 Å². The molecule has 2 fully saturated rings. The van der Waals surface area contributed by atoms with Gasteiger partial charge in [-0.2, -0.15) is 0 Å². The van der Waals surface area contributed by atoms with Gasteiger partial charge in [-0.25, -0.2) is 0 Å². The molecule has 3 aliphatic rings. The molecule has 4 rings (SSSR count). The number of carboxylic acid groups (broad SMARTS) is 1. The summed E-state index contributed by atoms with van der Waals surface area (Å²) in [5.74, 6) is 0.385. The molecular formula is C18H21NO5. The van der Waals surface area contributed by atoms with Crippen molar-refractivity contribution in [2.24, 2.45) is 11.3 Å². The number of carboxylic acids is 1. The summed E-state index contributed by atoms with van der Waals surface area (Å²) in [4.78, 5) is 26.4. The van der Waals surface area contributed by atoms with Crippen molar-refractivity contribution in [2.75, 3.05) is 26.8 Å². The smallest absolute Gasteiger partial charge is 0.315 e.